The van der Waals surface area contributed by atoms with Crippen molar-refractivity contribution >= 4 is 22.6 Å². The summed E-state index contributed by atoms with van der Waals surface area (Å²) in [6, 6.07) is 14.6. The van der Waals surface area contributed by atoms with Crippen LogP contribution < -0.4 is 15.6 Å². The fraction of sp³-hybridized carbons (Fsp3) is 0.158. The molecule has 0 spiro atoms. The lowest BCUT2D eigenvalue weighted by Crippen LogP contribution is -2.21. The number of ether oxygens (including phenoxy) is 1. The molecule has 1 amide bonds. The van der Waals surface area contributed by atoms with E-state index in [2.05, 4.69) is 5.32 Å². The zero-order chi connectivity index (χ0) is 17.1. The summed E-state index contributed by atoms with van der Waals surface area (Å²) in [7, 11) is 1.54. The maximum absolute atomic E-state index is 12.6. The zero-order valence-corrected chi connectivity index (χ0v) is 13.6. The van der Waals surface area contributed by atoms with Crippen LogP contribution in [0.3, 0.4) is 0 Å². The summed E-state index contributed by atoms with van der Waals surface area (Å²) in [5.41, 5.74) is 2.22. The first-order valence-corrected chi connectivity index (χ1v) is 7.68. The van der Waals surface area contributed by atoms with Crippen LogP contribution in [0.5, 0.6) is 5.75 Å². The minimum Gasteiger partial charge on any atom is -0.493 e. The van der Waals surface area contributed by atoms with E-state index < -0.39 is 0 Å². The Bertz CT molecular complexity index is 960. The van der Waals surface area contributed by atoms with Crippen molar-refractivity contribution in [1.29, 1.82) is 5.41 Å². The Morgan fingerprint density at radius 2 is 2.00 bits per heavy atom. The van der Waals surface area contributed by atoms with Gasteiger partial charge in [0.1, 0.15) is 5.56 Å². The molecule has 0 saturated carbocycles. The van der Waals surface area contributed by atoms with Gasteiger partial charge in [0, 0.05) is 11.1 Å². The number of rotatable bonds is 4. The number of carbonyl (C=O) groups excluding carboxylic acids is 1. The molecule has 3 rings (SSSR count). The van der Waals surface area contributed by atoms with Gasteiger partial charge in [0.2, 0.25) is 5.55 Å². The van der Waals surface area contributed by atoms with E-state index in [9.17, 15) is 4.79 Å². The van der Waals surface area contributed by atoms with Crippen LogP contribution in [-0.4, -0.2) is 13.0 Å². The molecule has 0 radical (unpaired) electrons. The van der Waals surface area contributed by atoms with Crippen LogP contribution in [0.4, 0.5) is 5.69 Å². The highest BCUT2D eigenvalue weighted by Gasteiger charge is 2.14. The molecule has 1 aromatic heterocycles. The van der Waals surface area contributed by atoms with Crippen molar-refractivity contribution in [3.8, 4) is 5.75 Å². The second kappa shape index (κ2) is 6.58. The number of anilines is 1. The van der Waals surface area contributed by atoms with Crippen molar-refractivity contribution in [2.75, 3.05) is 12.4 Å². The summed E-state index contributed by atoms with van der Waals surface area (Å²) >= 11 is 0. The van der Waals surface area contributed by atoms with E-state index in [1.54, 1.807) is 12.1 Å². The predicted octanol–water partition coefficient (Wildman–Crippen LogP) is 3.74. The number of hydrogen-bond donors (Lipinski definition) is 2. The number of hydrogen-bond acceptors (Lipinski definition) is 4. The van der Waals surface area contributed by atoms with E-state index in [0.717, 1.165) is 17.7 Å². The zero-order valence-electron chi connectivity index (χ0n) is 13.6. The normalized spacial score (nSPS) is 10.6. The highest BCUT2D eigenvalue weighted by Crippen LogP contribution is 2.24. The van der Waals surface area contributed by atoms with Crippen molar-refractivity contribution in [2.45, 2.75) is 13.3 Å². The van der Waals surface area contributed by atoms with Crippen molar-refractivity contribution in [1.82, 2.24) is 0 Å². The van der Waals surface area contributed by atoms with Gasteiger partial charge in [0.15, 0.2) is 11.3 Å². The number of carbonyl (C=O) groups is 1. The molecular weight excluding hydrogens is 304 g/mol. The average molecular weight is 322 g/mol. The minimum absolute atomic E-state index is 0.182. The Morgan fingerprint density at radius 3 is 2.75 bits per heavy atom. The second-order valence-electron chi connectivity index (χ2n) is 5.33. The van der Waals surface area contributed by atoms with Gasteiger partial charge in [-0.2, -0.15) is 0 Å². The summed E-state index contributed by atoms with van der Waals surface area (Å²) in [6.45, 7) is 2.03. The van der Waals surface area contributed by atoms with E-state index >= 15 is 0 Å². The van der Waals surface area contributed by atoms with Gasteiger partial charge >= 0.3 is 0 Å². The first-order valence-electron chi connectivity index (χ1n) is 7.68. The minimum atomic E-state index is -0.366. The Kier molecular flexibility index (Phi) is 4.33. The first kappa shape index (κ1) is 15.8. The van der Waals surface area contributed by atoms with Crippen LogP contribution in [0.2, 0.25) is 0 Å². The quantitative estimate of drug-likeness (QED) is 0.768. The molecule has 122 valence electrons. The van der Waals surface area contributed by atoms with Crippen LogP contribution in [0.15, 0.2) is 52.9 Å². The standard InChI is InChI=1S/C19H18N2O3/c1-3-12-7-4-5-9-15(12)21-19(22)14-11-13-8-6-10-16(23-2)17(13)24-18(14)20/h4-11,20H,3H2,1-2H3,(H,21,22). The number of benzene rings is 2. The Labute approximate surface area is 139 Å². The molecule has 0 aliphatic heterocycles. The molecule has 0 unspecified atom stereocenters. The van der Waals surface area contributed by atoms with E-state index in [0.29, 0.717) is 16.7 Å². The number of amides is 1. The van der Waals surface area contributed by atoms with E-state index in [1.165, 1.54) is 7.11 Å². The maximum Gasteiger partial charge on any atom is 0.261 e. The third kappa shape index (κ3) is 2.88. The molecule has 24 heavy (non-hydrogen) atoms. The SMILES string of the molecule is CCc1ccccc1NC(=O)c1cc2cccc(OC)c2oc1=N. The molecule has 2 aromatic carbocycles. The Balaban J connectivity index is 2.01. The molecule has 2 N–H and O–H groups in total. The second-order valence-corrected chi connectivity index (χ2v) is 5.33. The molecular formula is C19H18N2O3. The lowest BCUT2D eigenvalue weighted by molar-refractivity contribution is 0.102. The smallest absolute Gasteiger partial charge is 0.261 e. The van der Waals surface area contributed by atoms with Crippen molar-refractivity contribution in [2.24, 2.45) is 0 Å². The lowest BCUT2D eigenvalue weighted by atomic mass is 10.1. The number of aryl methyl sites for hydroxylation is 1. The van der Waals surface area contributed by atoms with E-state index in [1.807, 2.05) is 43.3 Å². The summed E-state index contributed by atoms with van der Waals surface area (Å²) in [4.78, 5) is 12.6. The maximum atomic E-state index is 12.6. The number of para-hydroxylation sites is 2. The number of nitrogens with one attached hydrogen (secondary N) is 2. The molecule has 0 atom stereocenters. The van der Waals surface area contributed by atoms with E-state index in [-0.39, 0.29) is 17.0 Å². The van der Waals surface area contributed by atoms with Gasteiger partial charge in [-0.1, -0.05) is 37.3 Å². The molecule has 3 aromatic rings. The highest BCUT2D eigenvalue weighted by molar-refractivity contribution is 6.05. The van der Waals surface area contributed by atoms with Crippen LogP contribution >= 0.6 is 0 Å². The van der Waals surface area contributed by atoms with E-state index in [4.69, 9.17) is 14.6 Å². The molecule has 5 heteroatoms. The first-order chi connectivity index (χ1) is 11.6. The van der Waals surface area contributed by atoms with Crippen LogP contribution in [0, 0.1) is 5.41 Å². The molecule has 0 aliphatic carbocycles. The Hall–Kier alpha value is -3.08. The van der Waals surface area contributed by atoms with Gasteiger partial charge in [-0.25, -0.2) is 0 Å². The third-order valence-corrected chi connectivity index (χ3v) is 3.87. The number of fused-ring (bicyclic) bond motifs is 1. The molecule has 0 fully saturated rings. The molecule has 5 nitrogen and oxygen atoms in total. The fourth-order valence-corrected chi connectivity index (χ4v) is 2.60. The van der Waals surface area contributed by atoms with Gasteiger partial charge in [0.25, 0.3) is 5.91 Å². The summed E-state index contributed by atoms with van der Waals surface area (Å²) < 4.78 is 10.7. The average Bonchev–Trinajstić information content (AvgIpc) is 2.61. The van der Waals surface area contributed by atoms with Crippen molar-refractivity contribution in [3.63, 3.8) is 0 Å². The molecule has 0 aliphatic rings. The number of methoxy groups -OCH3 is 1. The van der Waals surface area contributed by atoms with Crippen LogP contribution in [0.1, 0.15) is 22.8 Å². The van der Waals surface area contributed by atoms with Crippen molar-refractivity contribution in [3.05, 3.63) is 65.2 Å². The van der Waals surface area contributed by atoms with Gasteiger partial charge < -0.3 is 14.5 Å². The molecule has 0 bridgehead atoms. The lowest BCUT2D eigenvalue weighted by Gasteiger charge is -2.10. The fourth-order valence-electron chi connectivity index (χ4n) is 2.60. The highest BCUT2D eigenvalue weighted by atomic mass is 16.5. The van der Waals surface area contributed by atoms with Gasteiger partial charge in [0.05, 0.1) is 7.11 Å². The van der Waals surface area contributed by atoms with Crippen LogP contribution in [0.25, 0.3) is 11.0 Å². The largest absolute Gasteiger partial charge is 0.493 e. The molecule has 1 heterocycles. The van der Waals surface area contributed by atoms with Gasteiger partial charge in [-0.15, -0.1) is 0 Å². The topological polar surface area (TPSA) is 75.3 Å². The summed E-state index contributed by atoms with van der Waals surface area (Å²) in [6.07, 6.45) is 0.809. The van der Waals surface area contributed by atoms with Gasteiger partial charge in [-0.05, 0) is 30.2 Å². The Morgan fingerprint density at radius 1 is 1.21 bits per heavy atom. The monoisotopic (exact) mass is 322 g/mol. The third-order valence-electron chi connectivity index (χ3n) is 3.87. The predicted molar refractivity (Wildman–Crippen MR) is 92.4 cm³/mol. The van der Waals surface area contributed by atoms with Crippen LogP contribution in [-0.2, 0) is 6.42 Å². The molecule has 0 saturated heterocycles. The summed E-state index contributed by atoms with van der Waals surface area (Å²) in [5, 5.41) is 11.6. The van der Waals surface area contributed by atoms with Crippen molar-refractivity contribution < 1.29 is 13.9 Å². The summed E-state index contributed by atoms with van der Waals surface area (Å²) in [5.74, 6) is 0.165. The van der Waals surface area contributed by atoms with Gasteiger partial charge in [-0.3, -0.25) is 10.2 Å².